The van der Waals surface area contributed by atoms with Gasteiger partial charge in [0.2, 0.25) is 5.91 Å². The van der Waals surface area contributed by atoms with Crippen LogP contribution in [0.1, 0.15) is 42.1 Å². The average molecular weight is 463 g/mol. The van der Waals surface area contributed by atoms with Crippen molar-refractivity contribution in [2.24, 2.45) is 0 Å². The minimum absolute atomic E-state index is 0.0171. The van der Waals surface area contributed by atoms with Crippen LogP contribution in [0.5, 0.6) is 5.75 Å². The largest absolute Gasteiger partial charge is 0.496 e. The summed E-state index contributed by atoms with van der Waals surface area (Å²) in [5, 5.41) is 0.629. The molecular weight excluding hydrogens is 436 g/mol. The number of methoxy groups -OCH3 is 1. The SMILES string of the molecule is CCN(C(=O)[C@H]1C[C@H](C)N(C(=O)c2ccccc2OC)c2ccccc21)c1ccc(Cl)cc1. The third-order valence-electron chi connectivity index (χ3n) is 6.16. The fourth-order valence-electron chi connectivity index (χ4n) is 4.58. The van der Waals surface area contributed by atoms with E-state index in [-0.39, 0.29) is 23.8 Å². The van der Waals surface area contributed by atoms with Crippen LogP contribution in [0, 0.1) is 0 Å². The number of hydrogen-bond donors (Lipinski definition) is 0. The topological polar surface area (TPSA) is 49.9 Å². The molecule has 0 saturated heterocycles. The maximum absolute atomic E-state index is 13.7. The van der Waals surface area contributed by atoms with Gasteiger partial charge in [0.15, 0.2) is 0 Å². The maximum atomic E-state index is 13.7. The van der Waals surface area contributed by atoms with Crippen molar-refractivity contribution >= 4 is 34.8 Å². The minimum atomic E-state index is -0.353. The number of carbonyl (C=O) groups is 2. The van der Waals surface area contributed by atoms with Crippen LogP contribution in [0.25, 0.3) is 0 Å². The molecule has 33 heavy (non-hydrogen) atoms. The fraction of sp³-hybridized carbons (Fsp3) is 0.259. The van der Waals surface area contributed by atoms with Crippen molar-refractivity contribution in [3.8, 4) is 5.75 Å². The van der Waals surface area contributed by atoms with Crippen molar-refractivity contribution in [2.45, 2.75) is 32.2 Å². The summed E-state index contributed by atoms with van der Waals surface area (Å²) in [6.45, 7) is 4.49. The number of rotatable bonds is 5. The third kappa shape index (κ3) is 4.33. The highest BCUT2D eigenvalue weighted by Gasteiger charge is 2.39. The fourth-order valence-corrected chi connectivity index (χ4v) is 4.71. The molecule has 6 heteroatoms. The molecule has 0 spiro atoms. The van der Waals surface area contributed by atoms with Crippen LogP contribution >= 0.6 is 11.6 Å². The molecule has 3 aromatic rings. The summed E-state index contributed by atoms with van der Waals surface area (Å²) >= 11 is 6.04. The predicted molar refractivity (Wildman–Crippen MR) is 133 cm³/mol. The third-order valence-corrected chi connectivity index (χ3v) is 6.42. The van der Waals surface area contributed by atoms with Gasteiger partial charge in [-0.2, -0.15) is 0 Å². The molecule has 0 bridgehead atoms. The summed E-state index contributed by atoms with van der Waals surface area (Å²) in [4.78, 5) is 30.9. The number of ether oxygens (including phenoxy) is 1. The second kappa shape index (κ2) is 9.67. The summed E-state index contributed by atoms with van der Waals surface area (Å²) in [5.41, 5.74) is 2.93. The molecule has 1 aliphatic rings. The molecule has 0 unspecified atom stereocenters. The number of carbonyl (C=O) groups excluding carboxylic acids is 2. The van der Waals surface area contributed by atoms with Gasteiger partial charge in [-0.25, -0.2) is 0 Å². The molecule has 170 valence electrons. The highest BCUT2D eigenvalue weighted by molar-refractivity contribution is 6.30. The highest BCUT2D eigenvalue weighted by atomic mass is 35.5. The molecule has 0 aliphatic carbocycles. The first-order chi connectivity index (χ1) is 16.0. The smallest absolute Gasteiger partial charge is 0.262 e. The Labute approximate surface area is 199 Å². The van der Waals surface area contributed by atoms with Gasteiger partial charge in [-0.1, -0.05) is 41.9 Å². The van der Waals surface area contributed by atoms with Gasteiger partial charge in [-0.3, -0.25) is 9.59 Å². The number of halogens is 1. The molecule has 4 rings (SSSR count). The Bertz CT molecular complexity index is 1160. The molecule has 1 heterocycles. The molecule has 1 aliphatic heterocycles. The minimum Gasteiger partial charge on any atom is -0.496 e. The Morgan fingerprint density at radius 3 is 2.39 bits per heavy atom. The van der Waals surface area contributed by atoms with E-state index in [2.05, 4.69) is 0 Å². The van der Waals surface area contributed by atoms with Crippen molar-refractivity contribution in [2.75, 3.05) is 23.5 Å². The first kappa shape index (κ1) is 22.9. The summed E-state index contributed by atoms with van der Waals surface area (Å²) in [6.07, 6.45) is 0.529. The van der Waals surface area contributed by atoms with Crippen molar-refractivity contribution < 1.29 is 14.3 Å². The number of benzene rings is 3. The van der Waals surface area contributed by atoms with Crippen LogP contribution in [-0.4, -0.2) is 31.5 Å². The lowest BCUT2D eigenvalue weighted by Crippen LogP contribution is -2.47. The monoisotopic (exact) mass is 462 g/mol. The van der Waals surface area contributed by atoms with Crippen molar-refractivity contribution in [1.29, 1.82) is 0 Å². The Hall–Kier alpha value is -3.31. The van der Waals surface area contributed by atoms with E-state index in [0.29, 0.717) is 29.3 Å². The van der Waals surface area contributed by atoms with Crippen LogP contribution in [0.4, 0.5) is 11.4 Å². The van der Waals surface area contributed by atoms with Crippen LogP contribution in [0.2, 0.25) is 5.02 Å². The lowest BCUT2D eigenvalue weighted by molar-refractivity contribution is -0.120. The van der Waals surface area contributed by atoms with Gasteiger partial charge < -0.3 is 14.5 Å². The first-order valence-corrected chi connectivity index (χ1v) is 11.5. The molecule has 0 fully saturated rings. The van der Waals surface area contributed by atoms with Gasteiger partial charge in [0, 0.05) is 29.0 Å². The number of para-hydroxylation sites is 2. The molecule has 0 saturated carbocycles. The zero-order chi connectivity index (χ0) is 23.5. The van der Waals surface area contributed by atoms with E-state index >= 15 is 0 Å². The number of hydrogen-bond acceptors (Lipinski definition) is 3. The van der Waals surface area contributed by atoms with Crippen molar-refractivity contribution in [3.05, 3.63) is 88.9 Å². The van der Waals surface area contributed by atoms with Crippen molar-refractivity contribution in [3.63, 3.8) is 0 Å². The molecule has 2 amide bonds. The zero-order valence-corrected chi connectivity index (χ0v) is 19.8. The highest BCUT2D eigenvalue weighted by Crippen LogP contribution is 2.41. The van der Waals surface area contributed by atoms with E-state index in [1.165, 1.54) is 0 Å². The molecule has 3 aromatic carbocycles. The van der Waals surface area contributed by atoms with E-state index in [1.807, 2.05) is 62.4 Å². The van der Waals surface area contributed by atoms with Gasteiger partial charge in [-0.15, -0.1) is 0 Å². The van der Waals surface area contributed by atoms with Crippen LogP contribution in [0.15, 0.2) is 72.8 Å². The average Bonchev–Trinajstić information content (AvgIpc) is 2.84. The number of likely N-dealkylation sites (N-methyl/N-ethyl adjacent to an activating group) is 1. The lowest BCUT2D eigenvalue weighted by atomic mass is 9.84. The molecule has 2 atom stereocenters. The standard InChI is InChI=1S/C27H27ClN2O3/c1-4-29(20-15-13-19(28)14-16-20)26(31)23-17-18(2)30(24-11-7-5-9-21(23)24)27(32)22-10-6-8-12-25(22)33-3/h5-16,18,23H,4,17H2,1-3H3/t18-,23-/m0/s1. The Balaban J connectivity index is 1.72. The Morgan fingerprint density at radius 1 is 1.03 bits per heavy atom. The van der Waals surface area contributed by atoms with E-state index in [4.69, 9.17) is 16.3 Å². The zero-order valence-electron chi connectivity index (χ0n) is 19.0. The predicted octanol–water partition coefficient (Wildman–Crippen LogP) is 5.92. The molecule has 5 nitrogen and oxygen atoms in total. The summed E-state index contributed by atoms with van der Waals surface area (Å²) in [5.74, 6) is 0.0608. The first-order valence-electron chi connectivity index (χ1n) is 11.1. The Morgan fingerprint density at radius 2 is 1.70 bits per heavy atom. The van der Waals surface area contributed by atoms with Crippen LogP contribution < -0.4 is 14.5 Å². The summed E-state index contributed by atoms with van der Waals surface area (Å²) in [7, 11) is 1.56. The Kier molecular flexibility index (Phi) is 6.70. The number of nitrogens with zero attached hydrogens (tertiary/aromatic N) is 2. The summed E-state index contributed by atoms with van der Waals surface area (Å²) in [6, 6.07) is 22.0. The second-order valence-corrected chi connectivity index (χ2v) is 8.57. The van der Waals surface area contributed by atoms with Gasteiger partial charge in [0.25, 0.3) is 5.91 Å². The van der Waals surface area contributed by atoms with Crippen LogP contribution in [-0.2, 0) is 4.79 Å². The molecule has 0 radical (unpaired) electrons. The van der Waals surface area contributed by atoms with Gasteiger partial charge in [0.05, 0.1) is 18.6 Å². The molecular formula is C27H27ClN2O3. The van der Waals surface area contributed by atoms with E-state index < -0.39 is 0 Å². The van der Waals surface area contributed by atoms with E-state index in [1.54, 1.807) is 41.2 Å². The summed E-state index contributed by atoms with van der Waals surface area (Å²) < 4.78 is 5.43. The molecule has 0 N–H and O–H groups in total. The second-order valence-electron chi connectivity index (χ2n) is 8.13. The molecule has 0 aromatic heterocycles. The van der Waals surface area contributed by atoms with Gasteiger partial charge >= 0.3 is 0 Å². The van der Waals surface area contributed by atoms with Crippen molar-refractivity contribution in [1.82, 2.24) is 0 Å². The van der Waals surface area contributed by atoms with Gasteiger partial charge in [0.1, 0.15) is 5.75 Å². The lowest BCUT2D eigenvalue weighted by Gasteiger charge is -2.40. The van der Waals surface area contributed by atoms with Gasteiger partial charge in [-0.05, 0) is 68.3 Å². The van der Waals surface area contributed by atoms with E-state index in [9.17, 15) is 9.59 Å². The number of anilines is 2. The normalized spacial score (nSPS) is 17.3. The number of amides is 2. The number of fused-ring (bicyclic) bond motifs is 1. The maximum Gasteiger partial charge on any atom is 0.262 e. The van der Waals surface area contributed by atoms with E-state index in [0.717, 1.165) is 16.9 Å². The van der Waals surface area contributed by atoms with Crippen LogP contribution in [0.3, 0.4) is 0 Å². The quantitative estimate of drug-likeness (QED) is 0.472.